The fraction of sp³-hybridized carbons (Fsp3) is 0.647. The van der Waals surface area contributed by atoms with E-state index in [-0.39, 0.29) is 17.7 Å². The molecule has 0 spiro atoms. The minimum Gasteiger partial charge on any atom is -0.466 e. The first kappa shape index (κ1) is 16.1. The molecule has 0 bridgehead atoms. The summed E-state index contributed by atoms with van der Waals surface area (Å²) in [5, 5.41) is 9.89. The summed E-state index contributed by atoms with van der Waals surface area (Å²) in [5.74, 6) is 1.12. The van der Waals surface area contributed by atoms with E-state index in [1.807, 2.05) is 6.92 Å². The first-order chi connectivity index (χ1) is 11.0. The van der Waals surface area contributed by atoms with E-state index < -0.39 is 6.10 Å². The third kappa shape index (κ3) is 3.13. The van der Waals surface area contributed by atoms with Gasteiger partial charge in [0, 0.05) is 26.2 Å². The van der Waals surface area contributed by atoms with E-state index in [4.69, 9.17) is 4.42 Å². The Bertz CT molecular complexity index is 602. The predicted molar refractivity (Wildman–Crippen MR) is 84.0 cm³/mol. The number of amides is 2. The zero-order chi connectivity index (χ0) is 16.6. The van der Waals surface area contributed by atoms with E-state index in [2.05, 4.69) is 0 Å². The maximum Gasteiger partial charge on any atom is 0.257 e. The topological polar surface area (TPSA) is 74.0 Å². The minimum absolute atomic E-state index is 0.0349. The van der Waals surface area contributed by atoms with Crippen LogP contribution < -0.4 is 0 Å². The second-order valence-corrected chi connectivity index (χ2v) is 6.55. The Morgan fingerprint density at radius 1 is 1.13 bits per heavy atom. The SMILES string of the molecule is Cc1cc(C(=O)N2CCN(C(=O)C3CCCC3O)CC2)c(C)o1. The van der Waals surface area contributed by atoms with Crippen molar-refractivity contribution in [3.63, 3.8) is 0 Å². The highest BCUT2D eigenvalue weighted by molar-refractivity contribution is 5.95. The lowest BCUT2D eigenvalue weighted by molar-refractivity contribution is -0.139. The molecule has 2 unspecified atom stereocenters. The Morgan fingerprint density at radius 3 is 2.30 bits per heavy atom. The van der Waals surface area contributed by atoms with Crippen molar-refractivity contribution in [1.82, 2.24) is 9.80 Å². The molecule has 6 heteroatoms. The van der Waals surface area contributed by atoms with Gasteiger partial charge in [0.15, 0.2) is 0 Å². The Hall–Kier alpha value is -1.82. The maximum absolute atomic E-state index is 12.5. The summed E-state index contributed by atoms with van der Waals surface area (Å²) >= 11 is 0. The number of nitrogens with zero attached hydrogens (tertiary/aromatic N) is 2. The molecule has 1 saturated carbocycles. The summed E-state index contributed by atoms with van der Waals surface area (Å²) in [6.45, 7) is 5.73. The third-order valence-electron chi connectivity index (χ3n) is 4.95. The summed E-state index contributed by atoms with van der Waals surface area (Å²) in [5.41, 5.74) is 0.605. The molecule has 2 atom stereocenters. The molecule has 1 aromatic heterocycles. The van der Waals surface area contributed by atoms with Crippen molar-refractivity contribution in [2.24, 2.45) is 5.92 Å². The predicted octanol–water partition coefficient (Wildman–Crippen LogP) is 1.34. The van der Waals surface area contributed by atoms with Crippen molar-refractivity contribution in [1.29, 1.82) is 0 Å². The average Bonchev–Trinajstić information content (AvgIpc) is 3.11. The van der Waals surface area contributed by atoms with Gasteiger partial charge in [-0.3, -0.25) is 9.59 Å². The van der Waals surface area contributed by atoms with Crippen LogP contribution in [0.4, 0.5) is 0 Å². The molecule has 2 aliphatic rings. The fourth-order valence-corrected chi connectivity index (χ4v) is 3.61. The number of hydrogen-bond donors (Lipinski definition) is 1. The van der Waals surface area contributed by atoms with Gasteiger partial charge in [-0.2, -0.15) is 0 Å². The van der Waals surface area contributed by atoms with Crippen LogP contribution in [-0.2, 0) is 4.79 Å². The summed E-state index contributed by atoms with van der Waals surface area (Å²) < 4.78 is 5.43. The number of carbonyl (C=O) groups excluding carboxylic acids is 2. The van der Waals surface area contributed by atoms with Gasteiger partial charge in [-0.25, -0.2) is 0 Å². The van der Waals surface area contributed by atoms with Gasteiger partial charge in [0.1, 0.15) is 11.5 Å². The molecule has 1 saturated heterocycles. The molecule has 1 N–H and O–H groups in total. The van der Waals surface area contributed by atoms with Gasteiger partial charge in [0.05, 0.1) is 17.6 Å². The lowest BCUT2D eigenvalue weighted by Gasteiger charge is -2.36. The molecule has 0 aromatic carbocycles. The Morgan fingerprint density at radius 2 is 1.78 bits per heavy atom. The number of rotatable bonds is 2. The van der Waals surface area contributed by atoms with Crippen LogP contribution in [0.15, 0.2) is 10.5 Å². The maximum atomic E-state index is 12.5. The van der Waals surface area contributed by atoms with Crippen molar-refractivity contribution in [2.75, 3.05) is 26.2 Å². The van der Waals surface area contributed by atoms with Crippen molar-refractivity contribution in [3.05, 3.63) is 23.2 Å². The fourth-order valence-electron chi connectivity index (χ4n) is 3.61. The largest absolute Gasteiger partial charge is 0.466 e. The Kier molecular flexibility index (Phi) is 4.43. The van der Waals surface area contributed by atoms with Crippen molar-refractivity contribution < 1.29 is 19.1 Å². The molecule has 2 amide bonds. The van der Waals surface area contributed by atoms with Gasteiger partial charge in [0.2, 0.25) is 5.91 Å². The number of furan rings is 1. The van der Waals surface area contributed by atoms with Crippen LogP contribution in [0.1, 0.15) is 41.1 Å². The molecule has 1 aromatic rings. The van der Waals surface area contributed by atoms with E-state index in [0.717, 1.165) is 18.6 Å². The van der Waals surface area contributed by atoms with Crippen LogP contribution in [0.25, 0.3) is 0 Å². The van der Waals surface area contributed by atoms with E-state index in [1.165, 1.54) is 0 Å². The number of carbonyl (C=O) groups is 2. The highest BCUT2D eigenvalue weighted by atomic mass is 16.3. The van der Waals surface area contributed by atoms with Crippen LogP contribution in [0.2, 0.25) is 0 Å². The number of aryl methyl sites for hydroxylation is 2. The molecule has 1 aliphatic heterocycles. The van der Waals surface area contributed by atoms with Crippen molar-refractivity contribution in [2.45, 2.75) is 39.2 Å². The second kappa shape index (κ2) is 6.35. The number of hydrogen-bond acceptors (Lipinski definition) is 4. The number of piperazine rings is 1. The van der Waals surface area contributed by atoms with Crippen LogP contribution in [-0.4, -0.2) is 59.0 Å². The first-order valence-corrected chi connectivity index (χ1v) is 8.30. The highest BCUT2D eigenvalue weighted by Crippen LogP contribution is 2.27. The first-order valence-electron chi connectivity index (χ1n) is 8.30. The summed E-state index contributed by atoms with van der Waals surface area (Å²) in [7, 11) is 0. The molecule has 3 rings (SSSR count). The van der Waals surface area contributed by atoms with E-state index in [0.29, 0.717) is 43.9 Å². The molecule has 2 heterocycles. The molecule has 23 heavy (non-hydrogen) atoms. The summed E-state index contributed by atoms with van der Waals surface area (Å²) in [6.07, 6.45) is 1.90. The molecule has 2 fully saturated rings. The number of aliphatic hydroxyl groups is 1. The Labute approximate surface area is 136 Å². The van der Waals surface area contributed by atoms with Gasteiger partial charge >= 0.3 is 0 Å². The molecule has 1 aliphatic carbocycles. The lowest BCUT2D eigenvalue weighted by atomic mass is 10.0. The zero-order valence-electron chi connectivity index (χ0n) is 13.7. The Balaban J connectivity index is 1.59. The van der Waals surface area contributed by atoms with E-state index in [9.17, 15) is 14.7 Å². The molecule has 0 radical (unpaired) electrons. The smallest absolute Gasteiger partial charge is 0.257 e. The van der Waals surface area contributed by atoms with E-state index in [1.54, 1.807) is 22.8 Å². The van der Waals surface area contributed by atoms with Gasteiger partial charge in [-0.15, -0.1) is 0 Å². The highest BCUT2D eigenvalue weighted by Gasteiger charge is 2.36. The third-order valence-corrected chi connectivity index (χ3v) is 4.95. The van der Waals surface area contributed by atoms with Crippen LogP contribution in [0.3, 0.4) is 0 Å². The van der Waals surface area contributed by atoms with Crippen molar-refractivity contribution in [3.8, 4) is 0 Å². The van der Waals surface area contributed by atoms with Crippen molar-refractivity contribution >= 4 is 11.8 Å². The monoisotopic (exact) mass is 320 g/mol. The van der Waals surface area contributed by atoms with Crippen LogP contribution >= 0.6 is 0 Å². The lowest BCUT2D eigenvalue weighted by Crippen LogP contribution is -2.52. The zero-order valence-corrected chi connectivity index (χ0v) is 13.7. The summed E-state index contributed by atoms with van der Waals surface area (Å²) in [4.78, 5) is 28.6. The second-order valence-electron chi connectivity index (χ2n) is 6.55. The van der Waals surface area contributed by atoms with Gasteiger partial charge < -0.3 is 19.3 Å². The van der Waals surface area contributed by atoms with Crippen LogP contribution in [0, 0.1) is 19.8 Å². The van der Waals surface area contributed by atoms with Crippen LogP contribution in [0.5, 0.6) is 0 Å². The standard InChI is InChI=1S/C17H24N2O4/c1-11-10-14(12(2)23-11)17(22)19-8-6-18(7-9-19)16(21)13-4-3-5-15(13)20/h10,13,15,20H,3-9H2,1-2H3. The molecule has 6 nitrogen and oxygen atoms in total. The molecular weight excluding hydrogens is 296 g/mol. The van der Waals surface area contributed by atoms with E-state index >= 15 is 0 Å². The minimum atomic E-state index is -0.501. The van der Waals surface area contributed by atoms with Gasteiger partial charge in [-0.1, -0.05) is 0 Å². The molecular formula is C17H24N2O4. The van der Waals surface area contributed by atoms with Gasteiger partial charge in [-0.05, 0) is 39.2 Å². The summed E-state index contributed by atoms with van der Waals surface area (Å²) in [6, 6.07) is 1.77. The normalized spacial score (nSPS) is 25.0. The number of aliphatic hydroxyl groups excluding tert-OH is 1. The van der Waals surface area contributed by atoms with Gasteiger partial charge in [0.25, 0.3) is 5.91 Å². The quantitative estimate of drug-likeness (QED) is 0.892. The average molecular weight is 320 g/mol. The molecule has 126 valence electrons.